The number of nitrogens with one attached hydrogen (secondary N) is 1. The molecule has 1 aliphatic rings. The highest BCUT2D eigenvalue weighted by Crippen LogP contribution is 2.23. The number of esters is 1. The van der Waals surface area contributed by atoms with Crippen LogP contribution < -0.4 is 11.3 Å². The zero-order chi connectivity index (χ0) is 13.8. The Balaban J connectivity index is 2.01. The highest BCUT2D eigenvalue weighted by Gasteiger charge is 2.29. The van der Waals surface area contributed by atoms with Crippen molar-refractivity contribution >= 4 is 23.4 Å². The van der Waals surface area contributed by atoms with Crippen molar-refractivity contribution in [2.24, 2.45) is 11.8 Å². The van der Waals surface area contributed by atoms with Crippen molar-refractivity contribution in [1.29, 1.82) is 0 Å². The van der Waals surface area contributed by atoms with E-state index in [-0.39, 0.29) is 11.9 Å². The minimum Gasteiger partial charge on any atom is -0.469 e. The normalized spacial score (nSPS) is 19.4. The number of anilines is 1. The van der Waals surface area contributed by atoms with Gasteiger partial charge in [-0.1, -0.05) is 11.6 Å². The number of methoxy groups -OCH3 is 1. The second kappa shape index (κ2) is 6.18. The summed E-state index contributed by atoms with van der Waals surface area (Å²) in [7, 11) is 1.42. The van der Waals surface area contributed by atoms with Crippen molar-refractivity contribution in [2.45, 2.75) is 13.0 Å². The summed E-state index contributed by atoms with van der Waals surface area (Å²) in [6.07, 6.45) is 0.805. The van der Waals surface area contributed by atoms with E-state index < -0.39 is 0 Å². The highest BCUT2D eigenvalue weighted by atomic mass is 35.5. The lowest BCUT2D eigenvalue weighted by Crippen LogP contribution is -2.24. The Kier molecular flexibility index (Phi) is 4.57. The largest absolute Gasteiger partial charge is 0.469 e. The van der Waals surface area contributed by atoms with Crippen LogP contribution in [0.15, 0.2) is 12.1 Å². The van der Waals surface area contributed by atoms with Crippen molar-refractivity contribution in [3.8, 4) is 0 Å². The lowest BCUT2D eigenvalue weighted by molar-refractivity contribution is -0.144. The van der Waals surface area contributed by atoms with Gasteiger partial charge in [0.1, 0.15) is 5.82 Å². The number of carbonyl (C=O) groups is 1. The number of hydrazine groups is 1. The average Bonchev–Trinajstić information content (AvgIpc) is 2.89. The van der Waals surface area contributed by atoms with Gasteiger partial charge in [-0.3, -0.25) is 9.69 Å². The van der Waals surface area contributed by atoms with Gasteiger partial charge < -0.3 is 10.2 Å². The molecule has 0 spiro atoms. The van der Waals surface area contributed by atoms with Gasteiger partial charge in [0.2, 0.25) is 0 Å². The fourth-order valence-electron chi connectivity index (χ4n) is 2.22. The third-order valence-electron chi connectivity index (χ3n) is 3.25. The van der Waals surface area contributed by atoms with Gasteiger partial charge in [-0.15, -0.1) is 0 Å². The summed E-state index contributed by atoms with van der Waals surface area (Å²) in [5, 5.41) is 0.598. The van der Waals surface area contributed by atoms with Gasteiger partial charge in [0.25, 0.3) is 0 Å². The summed E-state index contributed by atoms with van der Waals surface area (Å²) in [5.41, 5.74) is 3.25. The number of nitrogens with two attached hydrogens (primary N) is 1. The number of hydrogen-bond donors (Lipinski definition) is 2. The zero-order valence-corrected chi connectivity index (χ0v) is 11.5. The van der Waals surface area contributed by atoms with Gasteiger partial charge in [0, 0.05) is 13.1 Å². The van der Waals surface area contributed by atoms with Crippen molar-refractivity contribution in [3.05, 3.63) is 22.8 Å². The number of aromatic nitrogens is 1. The standard InChI is InChI=1S/C12H17ClN4O2/c1-19-12(18)8-4-5-17(6-8)7-10-9(13)2-3-11(15-10)16-14/h2-3,8H,4-7,14H2,1H3,(H,15,16). The summed E-state index contributed by atoms with van der Waals surface area (Å²) >= 11 is 6.11. The molecule has 19 heavy (non-hydrogen) atoms. The molecule has 3 N–H and O–H groups in total. The molecule has 1 atom stereocenters. The van der Waals surface area contributed by atoms with E-state index in [4.69, 9.17) is 22.2 Å². The first kappa shape index (κ1) is 14.0. The molecule has 0 aliphatic carbocycles. The van der Waals surface area contributed by atoms with Crippen molar-refractivity contribution in [1.82, 2.24) is 9.88 Å². The Morgan fingerprint density at radius 3 is 3.16 bits per heavy atom. The molecule has 1 saturated heterocycles. The van der Waals surface area contributed by atoms with Gasteiger partial charge in [-0.05, 0) is 25.1 Å². The Bertz CT molecular complexity index is 469. The third kappa shape index (κ3) is 3.34. The number of hydrogen-bond acceptors (Lipinski definition) is 6. The van der Waals surface area contributed by atoms with Gasteiger partial charge in [0.15, 0.2) is 0 Å². The minimum atomic E-state index is -0.154. The maximum Gasteiger partial charge on any atom is 0.310 e. The van der Waals surface area contributed by atoms with Gasteiger partial charge in [-0.2, -0.15) is 0 Å². The molecule has 1 aromatic rings. The van der Waals surface area contributed by atoms with E-state index in [1.54, 1.807) is 12.1 Å². The molecular weight excluding hydrogens is 268 g/mol. The molecule has 0 bridgehead atoms. The number of pyridine rings is 1. The van der Waals surface area contributed by atoms with Gasteiger partial charge >= 0.3 is 5.97 Å². The van der Waals surface area contributed by atoms with E-state index in [1.807, 2.05) is 0 Å². The summed E-state index contributed by atoms with van der Waals surface area (Å²) in [6, 6.07) is 3.47. The molecule has 1 aromatic heterocycles. The molecule has 6 nitrogen and oxygen atoms in total. The second-order valence-electron chi connectivity index (χ2n) is 4.51. The molecule has 0 radical (unpaired) electrons. The molecule has 2 heterocycles. The van der Waals surface area contributed by atoms with Crippen molar-refractivity contribution in [2.75, 3.05) is 25.6 Å². The number of likely N-dealkylation sites (tertiary alicyclic amines) is 1. The first-order valence-corrected chi connectivity index (χ1v) is 6.44. The van der Waals surface area contributed by atoms with E-state index in [1.165, 1.54) is 7.11 Å². The fraction of sp³-hybridized carbons (Fsp3) is 0.500. The van der Waals surface area contributed by atoms with Crippen LogP contribution in [0.2, 0.25) is 5.02 Å². The predicted octanol–water partition coefficient (Wildman–Crippen LogP) is 1.02. The quantitative estimate of drug-likeness (QED) is 0.488. The van der Waals surface area contributed by atoms with E-state index in [0.29, 0.717) is 23.9 Å². The number of halogens is 1. The van der Waals surface area contributed by atoms with Crippen LogP contribution >= 0.6 is 11.6 Å². The number of carbonyl (C=O) groups excluding carboxylic acids is 1. The summed E-state index contributed by atoms with van der Waals surface area (Å²) < 4.78 is 4.76. The van der Waals surface area contributed by atoms with Crippen molar-refractivity contribution in [3.63, 3.8) is 0 Å². The number of rotatable bonds is 4. The molecular formula is C12H17ClN4O2. The zero-order valence-electron chi connectivity index (χ0n) is 10.7. The molecule has 0 aromatic carbocycles. The minimum absolute atomic E-state index is 0.0559. The third-order valence-corrected chi connectivity index (χ3v) is 3.59. The Morgan fingerprint density at radius 1 is 1.68 bits per heavy atom. The molecule has 7 heteroatoms. The van der Waals surface area contributed by atoms with Crippen LogP contribution in [0.3, 0.4) is 0 Å². The summed E-state index contributed by atoms with van der Waals surface area (Å²) in [5.74, 6) is 5.69. The van der Waals surface area contributed by atoms with Crippen LogP contribution in [0.1, 0.15) is 12.1 Å². The lowest BCUT2D eigenvalue weighted by Gasteiger charge is -2.16. The molecule has 2 rings (SSSR count). The van der Waals surface area contributed by atoms with Crippen LogP contribution in [0, 0.1) is 5.92 Å². The van der Waals surface area contributed by atoms with Crippen LogP contribution in [0.4, 0.5) is 5.82 Å². The Hall–Kier alpha value is -1.37. The van der Waals surface area contributed by atoms with Crippen LogP contribution in [0.25, 0.3) is 0 Å². The Morgan fingerprint density at radius 2 is 2.47 bits per heavy atom. The summed E-state index contributed by atoms with van der Waals surface area (Å²) in [6.45, 7) is 2.10. The average molecular weight is 285 g/mol. The molecule has 104 valence electrons. The monoisotopic (exact) mass is 284 g/mol. The van der Waals surface area contributed by atoms with Crippen LogP contribution in [0.5, 0.6) is 0 Å². The van der Waals surface area contributed by atoms with Crippen LogP contribution in [-0.4, -0.2) is 36.1 Å². The number of nitrogen functional groups attached to an aromatic ring is 1. The Labute approximate surface area is 116 Å². The van der Waals surface area contributed by atoms with Crippen LogP contribution in [-0.2, 0) is 16.1 Å². The molecule has 1 unspecified atom stereocenters. The topological polar surface area (TPSA) is 80.5 Å². The molecule has 1 aliphatic heterocycles. The van der Waals surface area contributed by atoms with Gasteiger partial charge in [0.05, 0.1) is 23.7 Å². The lowest BCUT2D eigenvalue weighted by atomic mass is 10.1. The predicted molar refractivity (Wildman–Crippen MR) is 72.5 cm³/mol. The molecule has 0 saturated carbocycles. The number of ether oxygens (including phenoxy) is 1. The maximum atomic E-state index is 11.5. The number of nitrogens with zero attached hydrogens (tertiary/aromatic N) is 2. The van der Waals surface area contributed by atoms with Crippen molar-refractivity contribution < 1.29 is 9.53 Å². The SMILES string of the molecule is COC(=O)C1CCN(Cc2nc(NN)ccc2Cl)C1. The van der Waals surface area contributed by atoms with E-state index in [2.05, 4.69) is 15.3 Å². The first-order chi connectivity index (χ1) is 9.13. The maximum absolute atomic E-state index is 11.5. The summed E-state index contributed by atoms with van der Waals surface area (Å²) in [4.78, 5) is 17.9. The van der Waals surface area contributed by atoms with Gasteiger partial charge in [-0.25, -0.2) is 10.8 Å². The second-order valence-corrected chi connectivity index (χ2v) is 4.92. The van der Waals surface area contributed by atoms with E-state index in [9.17, 15) is 4.79 Å². The molecule has 0 amide bonds. The van der Waals surface area contributed by atoms with E-state index >= 15 is 0 Å². The first-order valence-electron chi connectivity index (χ1n) is 6.06. The smallest absolute Gasteiger partial charge is 0.310 e. The fourth-order valence-corrected chi connectivity index (χ4v) is 2.39. The van der Waals surface area contributed by atoms with E-state index in [0.717, 1.165) is 18.7 Å². The molecule has 1 fully saturated rings. The highest BCUT2D eigenvalue weighted by molar-refractivity contribution is 6.31.